The van der Waals surface area contributed by atoms with Crippen molar-refractivity contribution in [2.24, 2.45) is 5.92 Å². The smallest absolute Gasteiger partial charge is 0.329 e. The number of carbonyl (C=O) groups is 3. The van der Waals surface area contributed by atoms with E-state index in [1.54, 1.807) is 0 Å². The molecule has 9 nitrogen and oxygen atoms in total. The lowest BCUT2D eigenvalue weighted by Crippen LogP contribution is -2.58. The maximum absolute atomic E-state index is 12.6. The maximum atomic E-state index is 12.6. The monoisotopic (exact) mass is 424 g/mol. The van der Waals surface area contributed by atoms with Crippen molar-refractivity contribution >= 4 is 17.9 Å². The molecule has 2 heterocycles. The van der Waals surface area contributed by atoms with Crippen molar-refractivity contribution in [1.29, 1.82) is 0 Å². The molecule has 30 heavy (non-hydrogen) atoms. The molecule has 2 aliphatic heterocycles. The second-order valence-corrected chi connectivity index (χ2v) is 9.01. The van der Waals surface area contributed by atoms with E-state index < -0.39 is 11.5 Å². The third kappa shape index (κ3) is 6.07. The van der Waals surface area contributed by atoms with Gasteiger partial charge >= 0.3 is 12.0 Å². The van der Waals surface area contributed by atoms with Crippen molar-refractivity contribution in [3.8, 4) is 0 Å². The number of nitrogens with one attached hydrogen (secondary N) is 3. The van der Waals surface area contributed by atoms with Crippen LogP contribution in [0.3, 0.4) is 0 Å². The lowest BCUT2D eigenvalue weighted by atomic mass is 9.79. The molecule has 170 valence electrons. The topological polar surface area (TPSA) is 120 Å². The molecule has 4 N–H and O–H groups in total. The zero-order chi connectivity index (χ0) is 21.6. The fourth-order valence-corrected chi connectivity index (χ4v) is 4.80. The van der Waals surface area contributed by atoms with Crippen molar-refractivity contribution in [1.82, 2.24) is 20.9 Å². The van der Waals surface area contributed by atoms with E-state index in [4.69, 9.17) is 4.74 Å². The number of aliphatic carboxylic acids is 1. The van der Waals surface area contributed by atoms with Crippen LogP contribution >= 0.6 is 0 Å². The van der Waals surface area contributed by atoms with Crippen molar-refractivity contribution in [3.63, 3.8) is 0 Å². The molecule has 0 aromatic carbocycles. The normalized spacial score (nSPS) is 28.7. The summed E-state index contributed by atoms with van der Waals surface area (Å²) in [5.41, 5.74) is -1.21. The van der Waals surface area contributed by atoms with Gasteiger partial charge in [0.15, 0.2) is 0 Å². The average Bonchev–Trinajstić information content (AvgIpc) is 2.74. The Balaban J connectivity index is 1.37. The van der Waals surface area contributed by atoms with Gasteiger partial charge in [-0.1, -0.05) is 0 Å². The summed E-state index contributed by atoms with van der Waals surface area (Å²) >= 11 is 0. The van der Waals surface area contributed by atoms with Gasteiger partial charge in [0.2, 0.25) is 5.91 Å². The molecule has 1 saturated carbocycles. The Morgan fingerprint density at radius 3 is 2.27 bits per heavy atom. The predicted octanol–water partition coefficient (Wildman–Crippen LogP) is 1.08. The third-order valence-electron chi connectivity index (χ3n) is 6.75. The highest BCUT2D eigenvalue weighted by molar-refractivity contribution is 5.86. The van der Waals surface area contributed by atoms with Crippen LogP contribution in [0.4, 0.5) is 4.79 Å². The van der Waals surface area contributed by atoms with E-state index in [9.17, 15) is 19.5 Å². The minimum absolute atomic E-state index is 0.0624. The molecule has 3 aliphatic rings. The van der Waals surface area contributed by atoms with Crippen LogP contribution in [0.15, 0.2) is 0 Å². The van der Waals surface area contributed by atoms with Crippen LogP contribution in [-0.4, -0.2) is 78.4 Å². The van der Waals surface area contributed by atoms with Gasteiger partial charge in [0, 0.05) is 32.7 Å². The summed E-state index contributed by atoms with van der Waals surface area (Å²) in [5, 5.41) is 18.5. The number of likely N-dealkylation sites (tertiary alicyclic amines) is 1. The summed E-state index contributed by atoms with van der Waals surface area (Å²) in [6, 6.07) is -0.147. The molecule has 1 aliphatic carbocycles. The number of amides is 3. The number of rotatable bonds is 6. The highest BCUT2D eigenvalue weighted by atomic mass is 16.5. The van der Waals surface area contributed by atoms with E-state index in [1.807, 2.05) is 4.90 Å². The molecule has 0 bridgehead atoms. The van der Waals surface area contributed by atoms with Gasteiger partial charge in [0.1, 0.15) is 5.54 Å². The minimum atomic E-state index is -1.21. The lowest BCUT2D eigenvalue weighted by Gasteiger charge is -2.39. The van der Waals surface area contributed by atoms with Crippen LogP contribution in [0, 0.1) is 5.92 Å². The van der Waals surface area contributed by atoms with Crippen LogP contribution in [0.1, 0.15) is 58.3 Å². The third-order valence-corrected chi connectivity index (χ3v) is 6.75. The first-order chi connectivity index (χ1) is 14.4. The quantitative estimate of drug-likeness (QED) is 0.506. The molecule has 0 unspecified atom stereocenters. The number of nitrogens with zero attached hydrogens (tertiary/aromatic N) is 1. The minimum Gasteiger partial charge on any atom is -0.480 e. The standard InChI is InChI=1S/C21H36N4O5/c1-15(26)24-21(19(27)28)8-2-17(3-9-21)23-20(29)25-12-6-18(7-13-25)30-14-16-4-10-22-11-5-16/h16-18,22H,2-14H2,1H3,(H,23,29)(H,24,26)(H,27,28). The van der Waals surface area contributed by atoms with Gasteiger partial charge in [-0.2, -0.15) is 0 Å². The first-order valence-corrected chi connectivity index (χ1v) is 11.3. The molecule has 2 saturated heterocycles. The van der Waals surface area contributed by atoms with Crippen molar-refractivity contribution in [2.75, 3.05) is 32.8 Å². The van der Waals surface area contributed by atoms with E-state index in [-0.39, 0.29) is 24.1 Å². The van der Waals surface area contributed by atoms with Gasteiger partial charge in [0.25, 0.3) is 0 Å². The maximum Gasteiger partial charge on any atom is 0.329 e. The summed E-state index contributed by atoms with van der Waals surface area (Å²) in [4.78, 5) is 37.5. The molecule has 0 spiro atoms. The number of urea groups is 1. The van der Waals surface area contributed by atoms with Crippen LogP contribution in [0.2, 0.25) is 0 Å². The molecule has 9 heteroatoms. The van der Waals surface area contributed by atoms with E-state index in [0.717, 1.165) is 32.5 Å². The summed E-state index contributed by atoms with van der Waals surface area (Å²) < 4.78 is 6.10. The van der Waals surface area contributed by atoms with Crippen molar-refractivity contribution in [2.45, 2.75) is 76.0 Å². The lowest BCUT2D eigenvalue weighted by molar-refractivity contribution is -0.149. The van der Waals surface area contributed by atoms with Crippen molar-refractivity contribution < 1.29 is 24.2 Å². The highest BCUT2D eigenvalue weighted by Gasteiger charge is 2.43. The number of carbonyl (C=O) groups excluding carboxylic acids is 2. The largest absolute Gasteiger partial charge is 0.480 e. The van der Waals surface area contributed by atoms with Gasteiger partial charge < -0.3 is 30.7 Å². The molecule has 0 radical (unpaired) electrons. The van der Waals surface area contributed by atoms with Gasteiger partial charge in [-0.05, 0) is 70.4 Å². The molecule has 0 aromatic rings. The first-order valence-electron chi connectivity index (χ1n) is 11.3. The Morgan fingerprint density at radius 1 is 1.07 bits per heavy atom. The number of carboxylic acids is 1. The Morgan fingerprint density at radius 2 is 1.70 bits per heavy atom. The first kappa shape index (κ1) is 22.8. The summed E-state index contributed by atoms with van der Waals surface area (Å²) in [6.45, 7) is 5.66. The van der Waals surface area contributed by atoms with Gasteiger partial charge in [-0.15, -0.1) is 0 Å². The zero-order valence-corrected chi connectivity index (χ0v) is 18.0. The van der Waals surface area contributed by atoms with Crippen LogP contribution in [0.5, 0.6) is 0 Å². The molecule has 0 aromatic heterocycles. The van der Waals surface area contributed by atoms with Gasteiger partial charge in [0.05, 0.1) is 6.10 Å². The number of hydrogen-bond acceptors (Lipinski definition) is 5. The molecular formula is C21H36N4O5. The predicted molar refractivity (Wildman–Crippen MR) is 111 cm³/mol. The molecule has 0 atom stereocenters. The molecule has 3 rings (SSSR count). The SMILES string of the molecule is CC(=O)NC1(C(=O)O)CCC(NC(=O)N2CCC(OCC3CCNCC3)CC2)CC1. The van der Waals surface area contributed by atoms with Crippen molar-refractivity contribution in [3.05, 3.63) is 0 Å². The van der Waals surface area contributed by atoms with Crippen LogP contribution in [-0.2, 0) is 14.3 Å². The van der Waals surface area contributed by atoms with E-state index in [1.165, 1.54) is 19.8 Å². The Bertz CT molecular complexity index is 607. The Labute approximate surface area is 178 Å². The summed E-state index contributed by atoms with van der Waals surface area (Å²) in [6.07, 6.45) is 6.00. The zero-order valence-electron chi connectivity index (χ0n) is 18.0. The molecular weight excluding hydrogens is 388 g/mol. The van der Waals surface area contributed by atoms with Gasteiger partial charge in [-0.25, -0.2) is 9.59 Å². The fraction of sp³-hybridized carbons (Fsp3) is 0.857. The van der Waals surface area contributed by atoms with E-state index >= 15 is 0 Å². The number of carboxylic acid groups (broad SMARTS) is 1. The second-order valence-electron chi connectivity index (χ2n) is 9.01. The number of ether oxygens (including phenoxy) is 1. The van der Waals surface area contributed by atoms with Crippen LogP contribution in [0.25, 0.3) is 0 Å². The van der Waals surface area contributed by atoms with Crippen LogP contribution < -0.4 is 16.0 Å². The fourth-order valence-electron chi connectivity index (χ4n) is 4.80. The van der Waals surface area contributed by atoms with Gasteiger partial charge in [-0.3, -0.25) is 4.79 Å². The van der Waals surface area contributed by atoms with E-state index in [0.29, 0.717) is 44.7 Å². The molecule has 3 amide bonds. The summed E-state index contributed by atoms with van der Waals surface area (Å²) in [7, 11) is 0. The Hall–Kier alpha value is -1.87. The van der Waals surface area contributed by atoms with E-state index in [2.05, 4.69) is 16.0 Å². The number of hydrogen-bond donors (Lipinski definition) is 4. The number of piperidine rings is 2. The molecule has 3 fully saturated rings. The second kappa shape index (κ2) is 10.4. The Kier molecular flexibility index (Phi) is 7.93. The summed E-state index contributed by atoms with van der Waals surface area (Å²) in [5.74, 6) is -0.700. The average molecular weight is 425 g/mol. The highest BCUT2D eigenvalue weighted by Crippen LogP contribution is 2.29.